The van der Waals surface area contributed by atoms with Crippen LogP contribution in [-0.4, -0.2) is 29.5 Å². The summed E-state index contributed by atoms with van der Waals surface area (Å²) in [5.41, 5.74) is -0.0505. The standard InChI is InChI=1S/C11H15N3O4/c1-18-10(15)6-2-3-7-12-11-9(14(16)17)5-4-8-13-11/h4-5,8H,2-3,6-7H2,1H3,(H,12,13). The van der Waals surface area contributed by atoms with Gasteiger partial charge in [-0.05, 0) is 18.9 Å². The first kappa shape index (κ1) is 13.9. The van der Waals surface area contributed by atoms with E-state index < -0.39 is 4.92 Å². The molecule has 0 aliphatic heterocycles. The van der Waals surface area contributed by atoms with Gasteiger partial charge in [-0.15, -0.1) is 0 Å². The summed E-state index contributed by atoms with van der Waals surface area (Å²) in [5, 5.41) is 13.6. The number of anilines is 1. The first-order valence-electron chi connectivity index (χ1n) is 5.55. The van der Waals surface area contributed by atoms with Crippen LogP contribution in [0.3, 0.4) is 0 Å². The summed E-state index contributed by atoms with van der Waals surface area (Å²) >= 11 is 0. The smallest absolute Gasteiger partial charge is 0.311 e. The number of unbranched alkanes of at least 4 members (excludes halogenated alkanes) is 1. The molecular weight excluding hydrogens is 238 g/mol. The Labute approximate surface area is 104 Å². The second-order valence-corrected chi connectivity index (χ2v) is 3.59. The highest BCUT2D eigenvalue weighted by Gasteiger charge is 2.12. The Balaban J connectivity index is 2.35. The SMILES string of the molecule is COC(=O)CCCCNc1ncccc1[N+](=O)[O-]. The Kier molecular flexibility index (Phi) is 5.56. The third-order valence-electron chi connectivity index (χ3n) is 2.31. The van der Waals surface area contributed by atoms with E-state index in [9.17, 15) is 14.9 Å². The van der Waals surface area contributed by atoms with Crippen LogP contribution in [0, 0.1) is 10.1 Å². The number of hydrogen-bond donors (Lipinski definition) is 1. The molecule has 0 saturated carbocycles. The largest absolute Gasteiger partial charge is 0.469 e. The minimum absolute atomic E-state index is 0.0505. The summed E-state index contributed by atoms with van der Waals surface area (Å²) in [6.07, 6.45) is 3.22. The van der Waals surface area contributed by atoms with Crippen LogP contribution in [0.5, 0.6) is 0 Å². The number of aromatic nitrogens is 1. The predicted octanol–water partition coefficient (Wildman–Crippen LogP) is 1.74. The number of carbonyl (C=O) groups excluding carboxylic acids is 1. The third kappa shape index (κ3) is 4.36. The topological polar surface area (TPSA) is 94.4 Å². The van der Waals surface area contributed by atoms with Crippen molar-refractivity contribution in [2.24, 2.45) is 0 Å². The molecule has 0 unspecified atom stereocenters. The Hall–Kier alpha value is -2.18. The van der Waals surface area contributed by atoms with Crippen molar-refractivity contribution in [1.82, 2.24) is 4.98 Å². The maximum Gasteiger partial charge on any atom is 0.311 e. The minimum atomic E-state index is -0.482. The van der Waals surface area contributed by atoms with Gasteiger partial charge in [-0.2, -0.15) is 0 Å². The van der Waals surface area contributed by atoms with Crippen LogP contribution >= 0.6 is 0 Å². The van der Waals surface area contributed by atoms with Crippen molar-refractivity contribution in [1.29, 1.82) is 0 Å². The number of nitrogens with zero attached hydrogens (tertiary/aromatic N) is 2. The molecule has 1 heterocycles. The maximum atomic E-state index is 10.8. The third-order valence-corrected chi connectivity index (χ3v) is 2.31. The molecule has 1 N–H and O–H groups in total. The van der Waals surface area contributed by atoms with Gasteiger partial charge < -0.3 is 10.1 Å². The summed E-state index contributed by atoms with van der Waals surface area (Å²) in [5.74, 6) is -0.000570. The van der Waals surface area contributed by atoms with Crippen LogP contribution in [-0.2, 0) is 9.53 Å². The molecular formula is C11H15N3O4. The maximum absolute atomic E-state index is 10.8. The normalized spacial score (nSPS) is 9.83. The van der Waals surface area contributed by atoms with Crippen molar-refractivity contribution in [2.75, 3.05) is 19.0 Å². The molecule has 0 amide bonds. The molecule has 0 aliphatic carbocycles. The fraction of sp³-hybridized carbons (Fsp3) is 0.455. The number of ether oxygens (including phenoxy) is 1. The van der Waals surface area contributed by atoms with Crippen molar-refractivity contribution in [2.45, 2.75) is 19.3 Å². The molecule has 18 heavy (non-hydrogen) atoms. The number of nitrogens with one attached hydrogen (secondary N) is 1. The molecule has 1 aromatic rings. The van der Waals surface area contributed by atoms with Crippen LogP contribution in [0.2, 0.25) is 0 Å². The quantitative estimate of drug-likeness (QED) is 0.344. The number of nitro groups is 1. The van der Waals surface area contributed by atoms with Gasteiger partial charge in [0.2, 0.25) is 5.82 Å². The summed E-state index contributed by atoms with van der Waals surface area (Å²) < 4.78 is 4.50. The Morgan fingerprint density at radius 2 is 2.33 bits per heavy atom. The molecule has 98 valence electrons. The van der Waals surface area contributed by atoms with Gasteiger partial charge in [0.15, 0.2) is 0 Å². The van der Waals surface area contributed by atoms with Crippen LogP contribution in [0.4, 0.5) is 11.5 Å². The van der Waals surface area contributed by atoms with Gasteiger partial charge in [-0.25, -0.2) is 4.98 Å². The van der Waals surface area contributed by atoms with Gasteiger partial charge in [0.05, 0.1) is 12.0 Å². The zero-order chi connectivity index (χ0) is 13.4. The number of methoxy groups -OCH3 is 1. The average molecular weight is 253 g/mol. The molecule has 7 nitrogen and oxygen atoms in total. The average Bonchev–Trinajstić information content (AvgIpc) is 2.38. The van der Waals surface area contributed by atoms with Gasteiger partial charge in [0, 0.05) is 25.2 Å². The lowest BCUT2D eigenvalue weighted by Gasteiger charge is -2.05. The highest BCUT2D eigenvalue weighted by atomic mass is 16.6. The molecule has 0 fully saturated rings. The van der Waals surface area contributed by atoms with E-state index in [1.165, 1.54) is 25.4 Å². The number of rotatable bonds is 7. The van der Waals surface area contributed by atoms with E-state index in [0.29, 0.717) is 25.8 Å². The van der Waals surface area contributed by atoms with E-state index in [0.717, 1.165) is 0 Å². The zero-order valence-corrected chi connectivity index (χ0v) is 10.1. The first-order chi connectivity index (χ1) is 8.65. The Morgan fingerprint density at radius 1 is 1.56 bits per heavy atom. The molecule has 1 rings (SSSR count). The fourth-order valence-corrected chi connectivity index (χ4v) is 1.38. The fourth-order valence-electron chi connectivity index (χ4n) is 1.38. The molecule has 1 aromatic heterocycles. The highest BCUT2D eigenvalue weighted by molar-refractivity contribution is 5.69. The first-order valence-corrected chi connectivity index (χ1v) is 5.55. The van der Waals surface area contributed by atoms with Crippen LogP contribution in [0.15, 0.2) is 18.3 Å². The van der Waals surface area contributed by atoms with Gasteiger partial charge in [-0.3, -0.25) is 14.9 Å². The summed E-state index contributed by atoms with van der Waals surface area (Å²) in [6, 6.07) is 2.91. The van der Waals surface area contributed by atoms with E-state index in [2.05, 4.69) is 15.0 Å². The lowest BCUT2D eigenvalue weighted by molar-refractivity contribution is -0.384. The summed E-state index contributed by atoms with van der Waals surface area (Å²) in [6.45, 7) is 0.523. The second-order valence-electron chi connectivity index (χ2n) is 3.59. The highest BCUT2D eigenvalue weighted by Crippen LogP contribution is 2.20. The minimum Gasteiger partial charge on any atom is -0.469 e. The van der Waals surface area contributed by atoms with Gasteiger partial charge in [0.25, 0.3) is 0 Å². The number of hydrogen-bond acceptors (Lipinski definition) is 6. The zero-order valence-electron chi connectivity index (χ0n) is 10.1. The molecule has 0 aromatic carbocycles. The lowest BCUT2D eigenvalue weighted by Crippen LogP contribution is -2.07. The predicted molar refractivity (Wildman–Crippen MR) is 65.2 cm³/mol. The van der Waals surface area contributed by atoms with Gasteiger partial charge in [0.1, 0.15) is 0 Å². The molecule has 7 heteroatoms. The van der Waals surface area contributed by atoms with Crippen molar-refractivity contribution in [3.05, 3.63) is 28.4 Å². The number of esters is 1. The van der Waals surface area contributed by atoms with Crippen molar-refractivity contribution in [3.63, 3.8) is 0 Å². The second kappa shape index (κ2) is 7.21. The van der Waals surface area contributed by atoms with Crippen molar-refractivity contribution < 1.29 is 14.5 Å². The van der Waals surface area contributed by atoms with Gasteiger partial charge >= 0.3 is 11.7 Å². The lowest BCUT2D eigenvalue weighted by atomic mass is 10.2. The summed E-state index contributed by atoms with van der Waals surface area (Å²) in [7, 11) is 1.35. The summed E-state index contributed by atoms with van der Waals surface area (Å²) in [4.78, 5) is 25.0. The van der Waals surface area contributed by atoms with Crippen LogP contribution in [0.1, 0.15) is 19.3 Å². The Morgan fingerprint density at radius 3 is 3.00 bits per heavy atom. The number of carbonyl (C=O) groups is 1. The van der Waals surface area contributed by atoms with Crippen LogP contribution < -0.4 is 5.32 Å². The molecule has 0 aliphatic rings. The van der Waals surface area contributed by atoms with Crippen molar-refractivity contribution in [3.8, 4) is 0 Å². The molecule has 0 saturated heterocycles. The van der Waals surface area contributed by atoms with E-state index in [4.69, 9.17) is 0 Å². The molecule has 0 radical (unpaired) electrons. The van der Waals surface area contributed by atoms with E-state index in [1.807, 2.05) is 0 Å². The number of pyridine rings is 1. The van der Waals surface area contributed by atoms with E-state index in [-0.39, 0.29) is 17.5 Å². The Bertz CT molecular complexity index is 423. The monoisotopic (exact) mass is 253 g/mol. The molecule has 0 bridgehead atoms. The van der Waals surface area contributed by atoms with Gasteiger partial charge in [-0.1, -0.05) is 0 Å². The van der Waals surface area contributed by atoms with Crippen molar-refractivity contribution >= 4 is 17.5 Å². The van der Waals surface area contributed by atoms with E-state index in [1.54, 1.807) is 0 Å². The van der Waals surface area contributed by atoms with E-state index >= 15 is 0 Å². The van der Waals surface area contributed by atoms with Crippen LogP contribution in [0.25, 0.3) is 0 Å². The molecule has 0 spiro atoms. The molecule has 0 atom stereocenters.